The average Bonchev–Trinajstić information content (AvgIpc) is 3.23. The van der Waals surface area contributed by atoms with E-state index in [9.17, 15) is 14.4 Å². The first-order chi connectivity index (χ1) is 17.9. The van der Waals surface area contributed by atoms with Crippen LogP contribution in [0.5, 0.6) is 0 Å². The summed E-state index contributed by atoms with van der Waals surface area (Å²) in [6, 6.07) is 25.0. The summed E-state index contributed by atoms with van der Waals surface area (Å²) in [7, 11) is 0. The fraction of sp³-hybridized carbons (Fsp3) is 0.185. The highest BCUT2D eigenvalue weighted by molar-refractivity contribution is 7.80. The lowest BCUT2D eigenvalue weighted by molar-refractivity contribution is -0.0456. The molecule has 0 bridgehead atoms. The number of thiocarbonyl (C=S) groups is 1. The van der Waals surface area contributed by atoms with E-state index in [1.54, 1.807) is 91.0 Å². The van der Waals surface area contributed by atoms with E-state index < -0.39 is 42.4 Å². The Kier molecular flexibility index (Phi) is 8.44. The Bertz CT molecular complexity index is 1240. The fourth-order valence-electron chi connectivity index (χ4n) is 3.74. The van der Waals surface area contributed by atoms with Crippen molar-refractivity contribution in [3.05, 3.63) is 108 Å². The molecule has 4 unspecified atom stereocenters. The zero-order valence-electron chi connectivity index (χ0n) is 19.5. The average molecular weight is 521 g/mol. The second-order valence-corrected chi connectivity index (χ2v) is 8.48. The van der Waals surface area contributed by atoms with Crippen molar-refractivity contribution in [2.24, 2.45) is 5.73 Å². The molecule has 0 saturated carbocycles. The Hall–Kier alpha value is -4.28. The molecule has 0 spiro atoms. The molecule has 10 heteroatoms. The Labute approximate surface area is 218 Å². The number of rotatable bonds is 8. The molecule has 3 aromatic rings. The van der Waals surface area contributed by atoms with Crippen LogP contribution in [-0.4, -0.2) is 54.2 Å². The molecule has 37 heavy (non-hydrogen) atoms. The molecule has 0 aliphatic carbocycles. The van der Waals surface area contributed by atoms with E-state index in [0.29, 0.717) is 5.56 Å². The van der Waals surface area contributed by atoms with Gasteiger partial charge in [0, 0.05) is 0 Å². The van der Waals surface area contributed by atoms with Crippen LogP contribution in [0.25, 0.3) is 0 Å². The smallest absolute Gasteiger partial charge is 0.338 e. The van der Waals surface area contributed by atoms with E-state index in [0.717, 1.165) is 0 Å². The summed E-state index contributed by atoms with van der Waals surface area (Å²) in [5.74, 6) is -1.95. The standard InChI is InChI=1S/C27H24N2O7S/c28-27(37)29-23-22(36-26(32)19-14-8-3-9-15-19)21(35-25(31)18-12-6-2-7-13-18)20(34-23)16-33-24(30)17-10-4-1-5-11-17/h1-15,20-23H,16H2,(H3,28,29,37). The third-order valence-corrected chi connectivity index (χ3v) is 5.61. The quantitative estimate of drug-likeness (QED) is 0.260. The second kappa shape index (κ2) is 12.1. The molecule has 0 aromatic heterocycles. The highest BCUT2D eigenvalue weighted by atomic mass is 32.1. The topological polar surface area (TPSA) is 126 Å². The summed E-state index contributed by atoms with van der Waals surface area (Å²) in [6.45, 7) is -0.296. The Morgan fingerprint density at radius 2 is 1.16 bits per heavy atom. The number of hydrogen-bond donors (Lipinski definition) is 2. The summed E-state index contributed by atoms with van der Waals surface area (Å²) in [5.41, 5.74) is 6.56. The number of nitrogens with one attached hydrogen (secondary N) is 1. The van der Waals surface area contributed by atoms with Gasteiger partial charge >= 0.3 is 17.9 Å². The number of carbonyl (C=O) groups excluding carboxylic acids is 3. The van der Waals surface area contributed by atoms with Crippen LogP contribution in [0.2, 0.25) is 0 Å². The molecule has 4 atom stereocenters. The Morgan fingerprint density at radius 1 is 0.730 bits per heavy atom. The molecule has 1 aliphatic rings. The Morgan fingerprint density at radius 3 is 1.62 bits per heavy atom. The van der Waals surface area contributed by atoms with Gasteiger partial charge in [0.05, 0.1) is 16.7 Å². The van der Waals surface area contributed by atoms with Crippen LogP contribution in [0.4, 0.5) is 0 Å². The van der Waals surface area contributed by atoms with E-state index in [1.165, 1.54) is 0 Å². The molecule has 1 fully saturated rings. The van der Waals surface area contributed by atoms with Crippen LogP contribution in [0, 0.1) is 0 Å². The maximum Gasteiger partial charge on any atom is 0.338 e. The number of benzene rings is 3. The molecule has 9 nitrogen and oxygen atoms in total. The molecule has 190 valence electrons. The van der Waals surface area contributed by atoms with Gasteiger partial charge in [-0.1, -0.05) is 54.6 Å². The molecule has 1 heterocycles. The van der Waals surface area contributed by atoms with Gasteiger partial charge in [0.25, 0.3) is 0 Å². The van der Waals surface area contributed by atoms with Gasteiger partial charge in [0.15, 0.2) is 23.5 Å². The third-order valence-electron chi connectivity index (χ3n) is 5.49. The maximum absolute atomic E-state index is 12.9. The minimum Gasteiger partial charge on any atom is -0.459 e. The molecule has 0 radical (unpaired) electrons. The number of esters is 3. The number of ether oxygens (including phenoxy) is 4. The van der Waals surface area contributed by atoms with Crippen molar-refractivity contribution in [3.8, 4) is 0 Å². The van der Waals surface area contributed by atoms with E-state index in [4.69, 9.17) is 36.9 Å². The molecule has 1 aliphatic heterocycles. The molecule has 0 amide bonds. The van der Waals surface area contributed by atoms with Gasteiger partial charge < -0.3 is 30.0 Å². The van der Waals surface area contributed by atoms with Gasteiger partial charge in [0.1, 0.15) is 12.7 Å². The summed E-state index contributed by atoms with van der Waals surface area (Å²) in [5, 5.41) is 2.59. The van der Waals surface area contributed by atoms with Crippen molar-refractivity contribution >= 4 is 35.2 Å². The van der Waals surface area contributed by atoms with E-state index in [2.05, 4.69) is 5.32 Å². The number of nitrogens with two attached hydrogens (primary N) is 1. The lowest BCUT2D eigenvalue weighted by Crippen LogP contribution is -2.48. The van der Waals surface area contributed by atoms with Crippen LogP contribution in [0.15, 0.2) is 91.0 Å². The van der Waals surface area contributed by atoms with Gasteiger partial charge in [-0.05, 0) is 48.6 Å². The highest BCUT2D eigenvalue weighted by Gasteiger charge is 2.50. The normalized spacial score (nSPS) is 20.4. The van der Waals surface area contributed by atoms with E-state index >= 15 is 0 Å². The van der Waals surface area contributed by atoms with Gasteiger partial charge in [0.2, 0.25) is 0 Å². The van der Waals surface area contributed by atoms with Crippen molar-refractivity contribution in [2.75, 3.05) is 6.61 Å². The molecule has 4 rings (SSSR count). The first kappa shape index (κ1) is 25.8. The first-order valence-corrected chi connectivity index (χ1v) is 11.8. The zero-order valence-corrected chi connectivity index (χ0v) is 20.3. The van der Waals surface area contributed by atoms with E-state index in [1.807, 2.05) is 0 Å². The van der Waals surface area contributed by atoms with Gasteiger partial charge in [-0.2, -0.15) is 0 Å². The highest BCUT2D eigenvalue weighted by Crippen LogP contribution is 2.28. The van der Waals surface area contributed by atoms with Crippen LogP contribution >= 0.6 is 12.2 Å². The summed E-state index contributed by atoms with van der Waals surface area (Å²) in [4.78, 5) is 38.4. The SMILES string of the molecule is NC(=S)NC1OC(COC(=O)c2ccccc2)C(OC(=O)c2ccccc2)C1OC(=O)c1ccccc1. The van der Waals surface area contributed by atoms with Crippen molar-refractivity contribution in [1.82, 2.24) is 5.32 Å². The van der Waals surface area contributed by atoms with Gasteiger partial charge in [-0.25, -0.2) is 14.4 Å². The molecule has 1 saturated heterocycles. The third kappa shape index (κ3) is 6.69. The zero-order chi connectivity index (χ0) is 26.2. The first-order valence-electron chi connectivity index (χ1n) is 11.4. The molecule has 3 aromatic carbocycles. The van der Waals surface area contributed by atoms with Crippen molar-refractivity contribution in [3.63, 3.8) is 0 Å². The monoisotopic (exact) mass is 520 g/mol. The fourth-order valence-corrected chi connectivity index (χ4v) is 3.85. The lowest BCUT2D eigenvalue weighted by atomic mass is 10.1. The van der Waals surface area contributed by atoms with Crippen LogP contribution in [-0.2, 0) is 18.9 Å². The van der Waals surface area contributed by atoms with Crippen LogP contribution in [0.1, 0.15) is 31.1 Å². The van der Waals surface area contributed by atoms with Crippen LogP contribution in [0.3, 0.4) is 0 Å². The molecular formula is C27H24N2O7S. The summed E-state index contributed by atoms with van der Waals surface area (Å²) in [6.07, 6.45) is -4.39. The lowest BCUT2D eigenvalue weighted by Gasteiger charge is -2.24. The Balaban J connectivity index is 1.58. The maximum atomic E-state index is 12.9. The summed E-state index contributed by atoms with van der Waals surface area (Å²) >= 11 is 4.96. The second-order valence-electron chi connectivity index (χ2n) is 8.04. The van der Waals surface area contributed by atoms with Crippen molar-refractivity contribution < 1.29 is 33.3 Å². The largest absolute Gasteiger partial charge is 0.459 e. The molecule has 3 N–H and O–H groups in total. The molecular weight excluding hydrogens is 496 g/mol. The predicted octanol–water partition coefficient (Wildman–Crippen LogP) is 2.85. The van der Waals surface area contributed by atoms with Crippen molar-refractivity contribution in [2.45, 2.75) is 24.5 Å². The number of hydrogen-bond acceptors (Lipinski definition) is 8. The minimum atomic E-state index is -1.16. The number of carbonyl (C=O) groups is 3. The van der Waals surface area contributed by atoms with Gasteiger partial charge in [-0.3, -0.25) is 0 Å². The van der Waals surface area contributed by atoms with Crippen molar-refractivity contribution in [1.29, 1.82) is 0 Å². The summed E-state index contributed by atoms with van der Waals surface area (Å²) < 4.78 is 22.9. The van der Waals surface area contributed by atoms with E-state index in [-0.39, 0.29) is 22.8 Å². The van der Waals surface area contributed by atoms with Crippen LogP contribution < -0.4 is 11.1 Å². The van der Waals surface area contributed by atoms with Gasteiger partial charge in [-0.15, -0.1) is 0 Å². The minimum absolute atomic E-state index is 0.124. The predicted molar refractivity (Wildman–Crippen MR) is 137 cm³/mol.